The van der Waals surface area contributed by atoms with Crippen LogP contribution < -0.4 is 10.2 Å². The number of aromatic nitrogens is 2. The summed E-state index contributed by atoms with van der Waals surface area (Å²) >= 11 is 0. The zero-order valence-corrected chi connectivity index (χ0v) is 22.6. The van der Waals surface area contributed by atoms with Crippen LogP contribution in [0.15, 0.2) is 65.8 Å². The Kier molecular flexibility index (Phi) is 7.34. The van der Waals surface area contributed by atoms with E-state index in [0.717, 1.165) is 59.9 Å². The molecule has 1 aliphatic heterocycles. The zero-order chi connectivity index (χ0) is 27.6. The lowest BCUT2D eigenvalue weighted by Crippen LogP contribution is -2.46. The summed E-state index contributed by atoms with van der Waals surface area (Å²) < 4.78 is 0. The van der Waals surface area contributed by atoms with Gasteiger partial charge in [-0.05, 0) is 46.0 Å². The van der Waals surface area contributed by atoms with Crippen molar-refractivity contribution in [2.24, 2.45) is 5.18 Å². The van der Waals surface area contributed by atoms with Gasteiger partial charge in [0.15, 0.2) is 0 Å². The van der Waals surface area contributed by atoms with Gasteiger partial charge in [0.05, 0.1) is 16.9 Å². The highest BCUT2D eigenvalue weighted by molar-refractivity contribution is 5.91. The first-order valence-corrected chi connectivity index (χ1v) is 13.2. The smallest absolute Gasteiger partial charge is 0.322 e. The summed E-state index contributed by atoms with van der Waals surface area (Å²) in [6.45, 7) is 10.5. The van der Waals surface area contributed by atoms with Crippen LogP contribution in [0, 0.1) is 4.91 Å². The van der Waals surface area contributed by atoms with Crippen LogP contribution in [-0.2, 0) is 16.8 Å². The summed E-state index contributed by atoms with van der Waals surface area (Å²) in [6, 6.07) is 20.2. The van der Waals surface area contributed by atoms with Crippen LogP contribution in [-0.4, -0.2) is 58.7 Å². The van der Waals surface area contributed by atoms with E-state index in [4.69, 9.17) is 10.1 Å². The van der Waals surface area contributed by atoms with Crippen molar-refractivity contribution in [1.82, 2.24) is 14.9 Å². The third-order valence-electron chi connectivity index (χ3n) is 7.22. The summed E-state index contributed by atoms with van der Waals surface area (Å²) in [7, 11) is 0. The molecule has 4 aromatic rings. The number of nitrogens with zero attached hydrogens (tertiary/aromatic N) is 4. The number of aromatic amines is 1. The number of rotatable bonds is 8. The molecule has 5 rings (SSSR count). The number of benzene rings is 3. The SMILES string of the molecule is CC(C)(C)c1ccc(-c2nc3c(N4CCN(Cc5ccc(N=O)c(NCC(=O)O)c5)CC4)cccc3[nH]2)cc1. The highest BCUT2D eigenvalue weighted by atomic mass is 16.4. The number of hydrogen-bond acceptors (Lipinski definition) is 7. The van der Waals surface area contributed by atoms with Gasteiger partial charge in [-0.2, -0.15) is 0 Å². The fraction of sp³-hybridized carbons (Fsp3) is 0.333. The number of carbonyl (C=O) groups is 1. The summed E-state index contributed by atoms with van der Waals surface area (Å²) in [6.07, 6.45) is 0. The number of imidazole rings is 1. The minimum atomic E-state index is -0.995. The Morgan fingerprint density at radius 2 is 1.79 bits per heavy atom. The highest BCUT2D eigenvalue weighted by Gasteiger charge is 2.21. The lowest BCUT2D eigenvalue weighted by Gasteiger charge is -2.36. The van der Waals surface area contributed by atoms with Crippen LogP contribution >= 0.6 is 0 Å². The number of carboxylic acid groups (broad SMARTS) is 1. The third-order valence-corrected chi connectivity index (χ3v) is 7.22. The van der Waals surface area contributed by atoms with Gasteiger partial charge in [0.1, 0.15) is 23.6 Å². The van der Waals surface area contributed by atoms with E-state index in [-0.39, 0.29) is 17.6 Å². The number of nitroso groups, excluding NO2 is 1. The van der Waals surface area contributed by atoms with Gasteiger partial charge < -0.3 is 20.3 Å². The third kappa shape index (κ3) is 5.93. The molecule has 3 N–H and O–H groups in total. The van der Waals surface area contributed by atoms with Crippen molar-refractivity contribution < 1.29 is 9.90 Å². The summed E-state index contributed by atoms with van der Waals surface area (Å²) in [5.41, 5.74) is 7.26. The van der Waals surface area contributed by atoms with Crippen molar-refractivity contribution in [3.8, 4) is 11.4 Å². The maximum atomic E-state index is 11.1. The molecule has 39 heavy (non-hydrogen) atoms. The van der Waals surface area contributed by atoms with Crippen molar-refractivity contribution in [3.63, 3.8) is 0 Å². The monoisotopic (exact) mass is 526 g/mol. The Balaban J connectivity index is 1.27. The number of nitrogens with one attached hydrogen (secondary N) is 2. The molecule has 0 saturated carbocycles. The van der Waals surface area contributed by atoms with E-state index in [0.29, 0.717) is 12.2 Å². The number of aliphatic carboxylic acids is 1. The minimum Gasteiger partial charge on any atom is -0.480 e. The van der Waals surface area contributed by atoms with E-state index in [9.17, 15) is 9.70 Å². The number of fused-ring (bicyclic) bond motifs is 1. The average molecular weight is 527 g/mol. The first kappa shape index (κ1) is 26.4. The normalized spacial score (nSPS) is 14.5. The van der Waals surface area contributed by atoms with Gasteiger partial charge in [0, 0.05) is 38.3 Å². The van der Waals surface area contributed by atoms with Gasteiger partial charge in [-0.1, -0.05) is 57.2 Å². The predicted octanol–water partition coefficient (Wildman–Crippen LogP) is 5.74. The molecule has 1 fully saturated rings. The van der Waals surface area contributed by atoms with Crippen LogP contribution in [0.2, 0.25) is 0 Å². The predicted molar refractivity (Wildman–Crippen MR) is 156 cm³/mol. The fourth-order valence-corrected chi connectivity index (χ4v) is 5.02. The summed E-state index contributed by atoms with van der Waals surface area (Å²) in [5.74, 6) is -0.122. The molecule has 0 amide bonds. The minimum absolute atomic E-state index is 0.109. The fourth-order valence-electron chi connectivity index (χ4n) is 5.02. The molecule has 0 unspecified atom stereocenters. The largest absolute Gasteiger partial charge is 0.480 e. The molecular weight excluding hydrogens is 492 g/mol. The van der Waals surface area contributed by atoms with E-state index in [1.54, 1.807) is 6.07 Å². The van der Waals surface area contributed by atoms with E-state index < -0.39 is 5.97 Å². The Morgan fingerprint density at radius 1 is 1.05 bits per heavy atom. The van der Waals surface area contributed by atoms with Crippen LogP contribution in [0.25, 0.3) is 22.4 Å². The molecule has 0 bridgehead atoms. The number of para-hydroxylation sites is 1. The molecule has 1 aliphatic rings. The second kappa shape index (κ2) is 10.9. The molecule has 9 heteroatoms. The molecule has 3 aromatic carbocycles. The van der Waals surface area contributed by atoms with Crippen molar-refractivity contribution >= 4 is 34.1 Å². The maximum Gasteiger partial charge on any atom is 0.322 e. The summed E-state index contributed by atoms with van der Waals surface area (Å²) in [5, 5.41) is 14.7. The molecule has 0 aliphatic carbocycles. The quantitative estimate of drug-likeness (QED) is 0.251. The maximum absolute atomic E-state index is 11.1. The van der Waals surface area contributed by atoms with Crippen molar-refractivity contribution in [2.45, 2.75) is 32.7 Å². The Labute approximate surface area is 227 Å². The lowest BCUT2D eigenvalue weighted by atomic mass is 9.87. The molecule has 9 nitrogen and oxygen atoms in total. The standard InChI is InChI=1S/C30H34N6O3/c1-30(2,3)22-10-8-21(9-11-22)29-32-24-5-4-6-26(28(24)33-29)36-15-13-35(14-16-36)19-20-7-12-23(34-39)25(17-20)31-18-27(37)38/h4-12,17,31H,13-16,18-19H2,1-3H3,(H,32,33)(H,37,38). The van der Waals surface area contributed by atoms with Gasteiger partial charge in [-0.25, -0.2) is 4.98 Å². The van der Waals surface area contributed by atoms with Crippen LogP contribution in [0.3, 0.4) is 0 Å². The number of anilines is 2. The zero-order valence-electron chi connectivity index (χ0n) is 22.6. The number of carboxylic acids is 1. The molecule has 1 aromatic heterocycles. The number of piperazine rings is 1. The Bertz CT molecular complexity index is 1480. The Morgan fingerprint density at radius 3 is 2.46 bits per heavy atom. The second-order valence-corrected chi connectivity index (χ2v) is 11.0. The molecule has 202 valence electrons. The van der Waals surface area contributed by atoms with Crippen LogP contribution in [0.5, 0.6) is 0 Å². The Hall–Kier alpha value is -4.24. The first-order valence-electron chi connectivity index (χ1n) is 13.2. The molecule has 0 atom stereocenters. The number of hydrogen-bond donors (Lipinski definition) is 3. The van der Waals surface area contributed by atoms with E-state index in [2.05, 4.69) is 88.5 Å². The van der Waals surface area contributed by atoms with Crippen molar-refractivity contribution in [3.05, 3.63) is 76.7 Å². The molecule has 2 heterocycles. The van der Waals surface area contributed by atoms with E-state index in [1.165, 1.54) is 5.56 Å². The number of H-pyrrole nitrogens is 1. The van der Waals surface area contributed by atoms with Crippen LogP contribution in [0.1, 0.15) is 31.9 Å². The molecular formula is C30H34N6O3. The molecule has 1 saturated heterocycles. The topological polar surface area (TPSA) is 114 Å². The molecule has 0 spiro atoms. The van der Waals surface area contributed by atoms with Gasteiger partial charge in [0.2, 0.25) is 0 Å². The van der Waals surface area contributed by atoms with E-state index >= 15 is 0 Å². The van der Waals surface area contributed by atoms with Gasteiger partial charge >= 0.3 is 5.97 Å². The highest BCUT2D eigenvalue weighted by Crippen LogP contribution is 2.31. The second-order valence-electron chi connectivity index (χ2n) is 11.0. The van der Waals surface area contributed by atoms with E-state index in [1.807, 2.05) is 12.1 Å². The van der Waals surface area contributed by atoms with Gasteiger partial charge in [-0.3, -0.25) is 9.69 Å². The van der Waals surface area contributed by atoms with Gasteiger partial charge in [0.25, 0.3) is 0 Å². The van der Waals surface area contributed by atoms with Crippen molar-refractivity contribution in [2.75, 3.05) is 42.9 Å². The first-order chi connectivity index (χ1) is 18.7. The summed E-state index contributed by atoms with van der Waals surface area (Å²) in [4.78, 5) is 35.3. The van der Waals surface area contributed by atoms with Crippen LogP contribution in [0.4, 0.5) is 17.1 Å². The van der Waals surface area contributed by atoms with Gasteiger partial charge in [-0.15, -0.1) is 4.91 Å². The van der Waals surface area contributed by atoms with Crippen molar-refractivity contribution in [1.29, 1.82) is 0 Å². The average Bonchev–Trinajstić information content (AvgIpc) is 3.37. The molecule has 0 radical (unpaired) electrons. The lowest BCUT2D eigenvalue weighted by molar-refractivity contribution is -0.134.